The van der Waals surface area contributed by atoms with E-state index in [2.05, 4.69) is 26.2 Å². The van der Waals surface area contributed by atoms with Gasteiger partial charge in [0.05, 0.1) is 27.7 Å². The summed E-state index contributed by atoms with van der Waals surface area (Å²) < 4.78 is 0.549. The Kier molecular flexibility index (Phi) is 4.87. The number of hydrogen-bond acceptors (Lipinski definition) is 4. The first-order chi connectivity index (χ1) is 9.97. The van der Waals surface area contributed by atoms with Crippen molar-refractivity contribution in [2.45, 2.75) is 6.42 Å². The SMILES string of the molecule is O=C(Cc1ccccc1[N+](=O)[O-])Nc1cnc(Cl)c(Br)c1. The molecule has 8 heteroatoms. The number of aromatic nitrogens is 1. The number of benzene rings is 1. The molecular weight excluding hydrogens is 362 g/mol. The molecule has 2 rings (SSSR count). The second-order valence-electron chi connectivity index (χ2n) is 4.11. The molecule has 2 aromatic rings. The molecule has 0 aliphatic rings. The molecule has 1 aromatic carbocycles. The first kappa shape index (κ1) is 15.4. The molecular formula is C13H9BrClN3O3. The summed E-state index contributed by atoms with van der Waals surface area (Å²) >= 11 is 8.96. The largest absolute Gasteiger partial charge is 0.324 e. The van der Waals surface area contributed by atoms with Crippen LogP contribution >= 0.6 is 27.5 Å². The van der Waals surface area contributed by atoms with Crippen LogP contribution in [0.15, 0.2) is 41.0 Å². The van der Waals surface area contributed by atoms with Crippen LogP contribution in [0.4, 0.5) is 11.4 Å². The number of nitrogens with zero attached hydrogens (tertiary/aromatic N) is 2. The Hall–Kier alpha value is -1.99. The molecule has 0 saturated carbocycles. The van der Waals surface area contributed by atoms with Crippen molar-refractivity contribution in [3.05, 3.63) is 61.8 Å². The summed E-state index contributed by atoms with van der Waals surface area (Å²) in [6.07, 6.45) is 1.31. The van der Waals surface area contributed by atoms with Crippen molar-refractivity contribution in [1.29, 1.82) is 0 Å². The molecule has 0 unspecified atom stereocenters. The fourth-order valence-corrected chi connectivity index (χ4v) is 2.16. The van der Waals surface area contributed by atoms with Gasteiger partial charge in [0.2, 0.25) is 5.91 Å². The summed E-state index contributed by atoms with van der Waals surface area (Å²) in [5, 5.41) is 13.8. The highest BCUT2D eigenvalue weighted by atomic mass is 79.9. The average molecular weight is 371 g/mol. The topological polar surface area (TPSA) is 85.1 Å². The minimum atomic E-state index is -0.511. The van der Waals surface area contributed by atoms with Gasteiger partial charge in [0.25, 0.3) is 5.69 Å². The molecule has 1 N–H and O–H groups in total. The standard InChI is InChI=1S/C13H9BrClN3O3/c14-10-6-9(7-16-13(10)15)17-12(19)5-8-3-1-2-4-11(8)18(20)21/h1-4,6-7H,5H2,(H,17,19). The number of nitro benzene ring substituents is 1. The van der Waals surface area contributed by atoms with Crippen LogP contribution in [0.5, 0.6) is 0 Å². The van der Waals surface area contributed by atoms with E-state index in [1.165, 1.54) is 12.3 Å². The zero-order valence-corrected chi connectivity index (χ0v) is 12.9. The van der Waals surface area contributed by atoms with Crippen molar-refractivity contribution in [2.75, 3.05) is 5.32 Å². The van der Waals surface area contributed by atoms with Gasteiger partial charge in [-0.2, -0.15) is 0 Å². The highest BCUT2D eigenvalue weighted by molar-refractivity contribution is 9.10. The Morgan fingerprint density at radius 3 is 2.81 bits per heavy atom. The minimum Gasteiger partial charge on any atom is -0.324 e. The predicted octanol–water partition coefficient (Wildman–Crippen LogP) is 3.59. The summed E-state index contributed by atoms with van der Waals surface area (Å²) in [5.74, 6) is -0.375. The fourth-order valence-electron chi connectivity index (χ4n) is 1.71. The predicted molar refractivity (Wildman–Crippen MR) is 82.4 cm³/mol. The summed E-state index contributed by atoms with van der Waals surface area (Å²) in [7, 11) is 0. The molecule has 108 valence electrons. The normalized spacial score (nSPS) is 10.2. The van der Waals surface area contributed by atoms with Crippen LogP contribution in [-0.2, 0) is 11.2 Å². The minimum absolute atomic E-state index is 0.0805. The van der Waals surface area contributed by atoms with Crippen molar-refractivity contribution in [1.82, 2.24) is 4.98 Å². The van der Waals surface area contributed by atoms with E-state index in [4.69, 9.17) is 11.6 Å². The molecule has 0 aliphatic carbocycles. The zero-order chi connectivity index (χ0) is 15.4. The van der Waals surface area contributed by atoms with Crippen molar-refractivity contribution in [2.24, 2.45) is 0 Å². The second-order valence-corrected chi connectivity index (χ2v) is 5.32. The van der Waals surface area contributed by atoms with Crippen LogP contribution in [0, 0.1) is 10.1 Å². The van der Waals surface area contributed by atoms with Gasteiger partial charge in [0, 0.05) is 11.6 Å². The van der Waals surface area contributed by atoms with Crippen LogP contribution in [-0.4, -0.2) is 15.8 Å². The lowest BCUT2D eigenvalue weighted by Crippen LogP contribution is -2.15. The number of hydrogen-bond donors (Lipinski definition) is 1. The summed E-state index contributed by atoms with van der Waals surface area (Å²) in [6.45, 7) is 0. The average Bonchev–Trinajstić information content (AvgIpc) is 2.43. The number of nitro groups is 1. The molecule has 0 saturated heterocycles. The number of rotatable bonds is 4. The van der Waals surface area contributed by atoms with Gasteiger partial charge in [-0.15, -0.1) is 0 Å². The third-order valence-electron chi connectivity index (χ3n) is 2.62. The summed E-state index contributed by atoms with van der Waals surface area (Å²) in [4.78, 5) is 26.2. The first-order valence-electron chi connectivity index (χ1n) is 5.80. The number of halogens is 2. The van der Waals surface area contributed by atoms with E-state index in [0.717, 1.165) is 0 Å². The lowest BCUT2D eigenvalue weighted by molar-refractivity contribution is -0.385. The maximum atomic E-state index is 11.9. The lowest BCUT2D eigenvalue weighted by Gasteiger charge is -2.06. The van der Waals surface area contributed by atoms with Gasteiger partial charge >= 0.3 is 0 Å². The third kappa shape index (κ3) is 3.99. The Balaban J connectivity index is 2.12. The van der Waals surface area contributed by atoms with Crippen LogP contribution in [0.25, 0.3) is 0 Å². The molecule has 0 aliphatic heterocycles. The van der Waals surface area contributed by atoms with Gasteiger partial charge in [-0.3, -0.25) is 14.9 Å². The second kappa shape index (κ2) is 6.64. The molecule has 0 spiro atoms. The maximum Gasteiger partial charge on any atom is 0.273 e. The van der Waals surface area contributed by atoms with E-state index in [0.29, 0.717) is 15.7 Å². The van der Waals surface area contributed by atoms with Gasteiger partial charge in [-0.25, -0.2) is 4.98 Å². The van der Waals surface area contributed by atoms with E-state index >= 15 is 0 Å². The number of amides is 1. The van der Waals surface area contributed by atoms with Gasteiger partial charge in [-0.1, -0.05) is 29.8 Å². The number of nitrogens with one attached hydrogen (secondary N) is 1. The number of carbonyl (C=O) groups is 1. The molecule has 1 heterocycles. The molecule has 0 fully saturated rings. The summed E-state index contributed by atoms with van der Waals surface area (Å²) in [5.41, 5.74) is 0.721. The molecule has 1 amide bonds. The molecule has 0 atom stereocenters. The number of pyridine rings is 1. The third-order valence-corrected chi connectivity index (χ3v) is 3.75. The molecule has 0 bridgehead atoms. The van der Waals surface area contributed by atoms with Crippen molar-refractivity contribution in [3.8, 4) is 0 Å². The number of anilines is 1. The van der Waals surface area contributed by atoms with Gasteiger partial charge in [0.1, 0.15) is 5.15 Å². The van der Waals surface area contributed by atoms with Crippen LogP contribution in [0.2, 0.25) is 5.15 Å². The molecule has 1 aromatic heterocycles. The highest BCUT2D eigenvalue weighted by Gasteiger charge is 2.15. The first-order valence-corrected chi connectivity index (χ1v) is 6.97. The molecule has 0 radical (unpaired) electrons. The zero-order valence-electron chi connectivity index (χ0n) is 10.5. The highest BCUT2D eigenvalue weighted by Crippen LogP contribution is 2.23. The monoisotopic (exact) mass is 369 g/mol. The van der Waals surface area contributed by atoms with Crippen molar-refractivity contribution in [3.63, 3.8) is 0 Å². The number of carbonyl (C=O) groups excluding carboxylic acids is 1. The quantitative estimate of drug-likeness (QED) is 0.506. The van der Waals surface area contributed by atoms with Crippen molar-refractivity contribution < 1.29 is 9.72 Å². The van der Waals surface area contributed by atoms with Gasteiger partial charge < -0.3 is 5.32 Å². The Morgan fingerprint density at radius 1 is 1.43 bits per heavy atom. The van der Waals surface area contributed by atoms with Gasteiger partial charge in [-0.05, 0) is 22.0 Å². The molecule has 21 heavy (non-hydrogen) atoms. The molecule has 6 nitrogen and oxygen atoms in total. The fraction of sp³-hybridized carbons (Fsp3) is 0.0769. The number of para-hydroxylation sites is 1. The van der Waals surface area contributed by atoms with Crippen molar-refractivity contribution >= 4 is 44.8 Å². The van der Waals surface area contributed by atoms with E-state index in [9.17, 15) is 14.9 Å². The van der Waals surface area contributed by atoms with E-state index in [-0.39, 0.29) is 23.2 Å². The van der Waals surface area contributed by atoms with Gasteiger partial charge in [0.15, 0.2) is 0 Å². The van der Waals surface area contributed by atoms with Crippen LogP contribution < -0.4 is 5.32 Å². The van der Waals surface area contributed by atoms with E-state index in [1.807, 2.05) is 0 Å². The Labute approximate surface area is 133 Å². The smallest absolute Gasteiger partial charge is 0.273 e. The van der Waals surface area contributed by atoms with Crippen LogP contribution in [0.1, 0.15) is 5.56 Å². The Bertz CT molecular complexity index is 709. The van der Waals surface area contributed by atoms with E-state index < -0.39 is 4.92 Å². The Morgan fingerprint density at radius 2 is 2.14 bits per heavy atom. The maximum absolute atomic E-state index is 11.9. The lowest BCUT2D eigenvalue weighted by atomic mass is 10.1. The van der Waals surface area contributed by atoms with E-state index in [1.54, 1.807) is 24.3 Å². The van der Waals surface area contributed by atoms with Crippen LogP contribution in [0.3, 0.4) is 0 Å². The summed E-state index contributed by atoms with van der Waals surface area (Å²) in [6, 6.07) is 7.72.